The highest BCUT2D eigenvalue weighted by molar-refractivity contribution is 6.06. The van der Waals surface area contributed by atoms with E-state index in [0.717, 1.165) is 0 Å². The second-order valence-electron chi connectivity index (χ2n) is 30.6. The topological polar surface area (TPSA) is 0 Å². The molecule has 1 aliphatic carbocycles. The van der Waals surface area contributed by atoms with Gasteiger partial charge in [0.15, 0.2) is 0 Å². The average Bonchev–Trinajstić information content (AvgIpc) is 3.18. The van der Waals surface area contributed by atoms with E-state index in [2.05, 4.69) is 267 Å². The van der Waals surface area contributed by atoms with E-state index in [1.165, 1.54) is 132 Å². The van der Waals surface area contributed by atoms with E-state index in [1.54, 1.807) is 0 Å². The number of benzene rings is 6. The number of hydrogen-bond donors (Lipinski definition) is 0. The third-order valence-electron chi connectivity index (χ3n) is 16.0. The quantitative estimate of drug-likeness (QED) is 0.165. The van der Waals surface area contributed by atoms with Gasteiger partial charge in [-0.3, -0.25) is 0 Å². The molecule has 0 heterocycles. The molecule has 0 saturated carbocycles. The Morgan fingerprint density at radius 1 is 0.222 bits per heavy atom. The highest BCUT2D eigenvalue weighted by Crippen LogP contribution is 2.57. The van der Waals surface area contributed by atoms with E-state index in [0.29, 0.717) is 0 Å². The van der Waals surface area contributed by atoms with Gasteiger partial charge in [-0.2, -0.15) is 0 Å². The molecule has 0 amide bonds. The molecule has 0 aliphatic heterocycles. The van der Waals surface area contributed by atoms with Crippen LogP contribution in [0.3, 0.4) is 0 Å². The summed E-state index contributed by atoms with van der Waals surface area (Å²) in [6.07, 6.45) is 0. The predicted molar refractivity (Wildman–Crippen MR) is 319 cm³/mol. The molecule has 72 heavy (non-hydrogen) atoms. The normalized spacial score (nSPS) is 13.8. The minimum absolute atomic E-state index is 0.0755. The van der Waals surface area contributed by atoms with Gasteiger partial charge in [-0.15, -0.1) is 0 Å². The molecular formula is C72H96. The zero-order chi connectivity index (χ0) is 54.3. The molecule has 0 saturated heterocycles. The van der Waals surface area contributed by atoms with Crippen molar-refractivity contribution in [3.05, 3.63) is 160 Å². The van der Waals surface area contributed by atoms with Crippen molar-refractivity contribution >= 4 is 0 Å². The number of aryl methyl sites for hydroxylation is 4. The fourth-order valence-corrected chi connectivity index (χ4v) is 12.6. The van der Waals surface area contributed by atoms with E-state index in [1.807, 2.05) is 0 Å². The van der Waals surface area contributed by atoms with Crippen molar-refractivity contribution < 1.29 is 0 Å². The van der Waals surface area contributed by atoms with Gasteiger partial charge >= 0.3 is 0 Å². The van der Waals surface area contributed by atoms with Gasteiger partial charge in [-0.1, -0.05) is 239 Å². The Hall–Kier alpha value is -4.68. The predicted octanol–water partition coefficient (Wildman–Crippen LogP) is 20.9. The third kappa shape index (κ3) is 9.77. The maximum absolute atomic E-state index is 2.67. The van der Waals surface area contributed by atoms with Crippen molar-refractivity contribution in [2.24, 2.45) is 0 Å². The maximum Gasteiger partial charge on any atom is -0.000730 e. The molecule has 0 atom stereocenters. The number of rotatable bonds is 4. The van der Waals surface area contributed by atoms with Crippen LogP contribution in [0, 0.1) is 48.6 Å². The second kappa shape index (κ2) is 17.5. The molecule has 6 aromatic carbocycles. The lowest BCUT2D eigenvalue weighted by atomic mass is 9.67. The van der Waals surface area contributed by atoms with Crippen LogP contribution >= 0.6 is 0 Å². The number of hydrogen-bond acceptors (Lipinski definition) is 0. The molecule has 0 radical (unpaired) electrons. The van der Waals surface area contributed by atoms with Crippen LogP contribution in [-0.2, 0) is 43.3 Å². The molecule has 1 aliphatic rings. The summed E-state index contributed by atoms with van der Waals surface area (Å²) >= 11 is 0. The summed E-state index contributed by atoms with van der Waals surface area (Å²) in [5.74, 6) is 0. The van der Waals surface area contributed by atoms with E-state index in [9.17, 15) is 0 Å². The lowest BCUT2D eigenvalue weighted by molar-refractivity contribution is 0.573. The Bertz CT molecular complexity index is 3130. The van der Waals surface area contributed by atoms with Gasteiger partial charge in [0.2, 0.25) is 0 Å². The van der Waals surface area contributed by atoms with Crippen molar-refractivity contribution in [3.63, 3.8) is 0 Å². The summed E-state index contributed by atoms with van der Waals surface area (Å²) in [6, 6.07) is 30.4. The second-order valence-corrected chi connectivity index (χ2v) is 30.6. The van der Waals surface area contributed by atoms with E-state index >= 15 is 0 Å². The molecule has 0 nitrogen and oxygen atoms in total. The lowest BCUT2D eigenvalue weighted by Gasteiger charge is -2.37. The SMILES string of the molecule is Cc1cc(C(C)(C)C)c(-c2c(-c3cc(C(C)(C)C)c(C)cc3C(C)(C)C)c(-c3cc(C(C)(C)C)c(C)cc3C(C)(C)C)c3c(c2-c2cc(C(C)(C)C)c(C)cc2C(C)(C)C)=c2ccccc2=3)cc1C(C)(C)C. The fourth-order valence-electron chi connectivity index (χ4n) is 12.6. The lowest BCUT2D eigenvalue weighted by Crippen LogP contribution is -2.22. The van der Waals surface area contributed by atoms with Crippen molar-refractivity contribution in [2.75, 3.05) is 0 Å². The molecule has 0 N–H and O–H groups in total. The van der Waals surface area contributed by atoms with Crippen LogP contribution in [-0.4, -0.2) is 0 Å². The van der Waals surface area contributed by atoms with Gasteiger partial charge < -0.3 is 0 Å². The molecule has 6 aromatic rings. The minimum Gasteiger partial charge on any atom is -0.0616 e. The van der Waals surface area contributed by atoms with Crippen LogP contribution in [0.15, 0.2) is 72.8 Å². The van der Waals surface area contributed by atoms with Gasteiger partial charge in [0, 0.05) is 0 Å². The first kappa shape index (κ1) is 55.1. The Morgan fingerprint density at radius 3 is 0.583 bits per heavy atom. The maximum atomic E-state index is 2.67. The summed E-state index contributed by atoms with van der Waals surface area (Å²) in [5.41, 5.74) is 26.6. The average molecular weight is 962 g/mol. The van der Waals surface area contributed by atoms with Gasteiger partial charge in [0.05, 0.1) is 0 Å². The summed E-state index contributed by atoms with van der Waals surface area (Å²) in [6.45, 7) is 67.6. The summed E-state index contributed by atoms with van der Waals surface area (Å²) in [4.78, 5) is 0. The van der Waals surface area contributed by atoms with Crippen LogP contribution in [0.1, 0.15) is 233 Å². The van der Waals surface area contributed by atoms with Crippen LogP contribution in [0.25, 0.3) is 44.5 Å². The van der Waals surface area contributed by atoms with Crippen LogP contribution in [0.4, 0.5) is 0 Å². The summed E-state index contributed by atoms with van der Waals surface area (Å²) in [7, 11) is 0. The first-order valence-corrected chi connectivity index (χ1v) is 27.4. The van der Waals surface area contributed by atoms with E-state index in [4.69, 9.17) is 0 Å². The molecule has 7 rings (SSSR count). The first-order chi connectivity index (χ1) is 32.5. The zero-order valence-electron chi connectivity index (χ0n) is 50.9. The van der Waals surface area contributed by atoms with Crippen molar-refractivity contribution in [1.82, 2.24) is 0 Å². The smallest absolute Gasteiger partial charge is 0.000730 e. The highest BCUT2D eigenvalue weighted by Gasteiger charge is 2.38. The van der Waals surface area contributed by atoms with Crippen molar-refractivity contribution in [1.29, 1.82) is 0 Å². The molecule has 0 unspecified atom stereocenters. The zero-order valence-corrected chi connectivity index (χ0v) is 50.9. The van der Waals surface area contributed by atoms with Gasteiger partial charge in [0.25, 0.3) is 0 Å². The highest BCUT2D eigenvalue weighted by atomic mass is 14.4. The van der Waals surface area contributed by atoms with Gasteiger partial charge in [-0.05, 0) is 203 Å². The standard InChI is InChI=1S/C72H96/c1-41-33-55(69(17,18)19)47(37-51(41)65(5,6)7)61-59-45-31-29-30-32-46(45)60(59)62(48-38-52(66(8,9)10)42(2)34-56(48)70(20,21)22)64(50-40-54(68(14,15)16)44(4)36-58(50)72(26,27)28)63(61)49-39-53(67(11,12)13)43(3)35-57(49)71(23,24)25/h29-40H,1-28H3. The van der Waals surface area contributed by atoms with E-state index in [-0.39, 0.29) is 43.3 Å². The molecule has 0 fully saturated rings. The third-order valence-corrected chi connectivity index (χ3v) is 16.0. The summed E-state index contributed by atoms with van der Waals surface area (Å²) in [5, 5.41) is 5.49. The molecule has 0 bridgehead atoms. The molecule has 0 spiro atoms. The Balaban J connectivity index is 2.08. The molecule has 0 aromatic heterocycles. The molecule has 384 valence electrons. The first-order valence-electron chi connectivity index (χ1n) is 27.4. The minimum atomic E-state index is -0.181. The van der Waals surface area contributed by atoms with Crippen molar-refractivity contribution in [3.8, 4) is 44.5 Å². The van der Waals surface area contributed by atoms with Crippen LogP contribution in [0.2, 0.25) is 0 Å². The molecular weight excluding hydrogens is 865 g/mol. The molecule has 0 heteroatoms. The van der Waals surface area contributed by atoms with Crippen LogP contribution in [0.5, 0.6) is 0 Å². The van der Waals surface area contributed by atoms with Gasteiger partial charge in [-0.25, -0.2) is 0 Å². The summed E-state index contributed by atoms with van der Waals surface area (Å²) < 4.78 is 0. The Kier molecular flexibility index (Phi) is 13.4. The number of fused-ring (bicyclic) bond motifs is 2. The Morgan fingerprint density at radius 2 is 0.403 bits per heavy atom. The largest absolute Gasteiger partial charge is 0.0616 e. The Labute approximate surface area is 439 Å². The van der Waals surface area contributed by atoms with Gasteiger partial charge in [0.1, 0.15) is 0 Å². The van der Waals surface area contributed by atoms with E-state index < -0.39 is 0 Å². The monoisotopic (exact) mass is 961 g/mol. The fraction of sp³-hybridized carbons (Fsp3) is 0.500. The van der Waals surface area contributed by atoms with Crippen molar-refractivity contribution in [2.45, 2.75) is 237 Å². The van der Waals surface area contributed by atoms with Crippen LogP contribution < -0.4 is 0 Å².